The van der Waals surface area contributed by atoms with Gasteiger partial charge in [-0.1, -0.05) is 23.7 Å². The second kappa shape index (κ2) is 5.99. The van der Waals surface area contributed by atoms with E-state index in [0.717, 1.165) is 11.6 Å². The largest absolute Gasteiger partial charge is 0.487 e. The maximum Gasteiger partial charge on any atom is 0.142 e. The van der Waals surface area contributed by atoms with Crippen LogP contribution in [0.15, 0.2) is 36.4 Å². The topological polar surface area (TPSA) is 35.2 Å². The lowest BCUT2D eigenvalue weighted by Gasteiger charge is -2.12. The van der Waals surface area contributed by atoms with Crippen molar-refractivity contribution in [3.8, 4) is 5.75 Å². The lowest BCUT2D eigenvalue weighted by atomic mass is 10.2. The molecule has 2 aromatic rings. The molecule has 5 heteroatoms. The summed E-state index contributed by atoms with van der Waals surface area (Å²) in [6.45, 7) is 0.290. The minimum Gasteiger partial charge on any atom is -0.487 e. The van der Waals surface area contributed by atoms with E-state index < -0.39 is 11.6 Å². The van der Waals surface area contributed by atoms with E-state index >= 15 is 0 Å². The zero-order chi connectivity index (χ0) is 13.8. The van der Waals surface area contributed by atoms with Gasteiger partial charge in [0.2, 0.25) is 0 Å². The molecule has 0 amide bonds. The van der Waals surface area contributed by atoms with E-state index in [1.807, 2.05) is 0 Å². The highest BCUT2D eigenvalue weighted by Crippen LogP contribution is 2.29. The fraction of sp³-hybridized carbons (Fsp3) is 0.143. The van der Waals surface area contributed by atoms with Gasteiger partial charge in [-0.25, -0.2) is 8.78 Å². The SMILES string of the molecule is NCc1cccc(Cl)c1OCc1cc(F)cc(F)c1. The predicted molar refractivity (Wildman–Crippen MR) is 70.0 cm³/mol. The van der Waals surface area contributed by atoms with Crippen LogP contribution in [0.1, 0.15) is 11.1 Å². The van der Waals surface area contributed by atoms with Gasteiger partial charge in [-0.05, 0) is 23.8 Å². The highest BCUT2D eigenvalue weighted by Gasteiger charge is 2.08. The van der Waals surface area contributed by atoms with Crippen molar-refractivity contribution in [2.45, 2.75) is 13.2 Å². The molecule has 0 fully saturated rings. The third-order valence-corrected chi connectivity index (χ3v) is 2.87. The summed E-state index contributed by atoms with van der Waals surface area (Å²) in [6, 6.07) is 8.45. The molecule has 0 atom stereocenters. The van der Waals surface area contributed by atoms with E-state index in [0.29, 0.717) is 16.3 Å². The van der Waals surface area contributed by atoms with Crippen LogP contribution in [0.4, 0.5) is 8.78 Å². The maximum atomic E-state index is 13.0. The van der Waals surface area contributed by atoms with Crippen molar-refractivity contribution in [2.24, 2.45) is 5.73 Å². The number of hydrogen-bond acceptors (Lipinski definition) is 2. The average Bonchev–Trinajstić information content (AvgIpc) is 2.36. The molecular formula is C14H12ClF2NO. The molecule has 2 nitrogen and oxygen atoms in total. The Labute approximate surface area is 114 Å². The Morgan fingerprint density at radius 1 is 1.11 bits per heavy atom. The van der Waals surface area contributed by atoms with Crippen LogP contribution in [0, 0.1) is 11.6 Å². The Morgan fingerprint density at radius 2 is 1.79 bits per heavy atom. The van der Waals surface area contributed by atoms with Gasteiger partial charge in [0, 0.05) is 18.2 Å². The fourth-order valence-corrected chi connectivity index (χ4v) is 1.97. The molecule has 0 spiro atoms. The molecule has 2 N–H and O–H groups in total. The molecule has 0 aromatic heterocycles. The zero-order valence-electron chi connectivity index (χ0n) is 10.00. The smallest absolute Gasteiger partial charge is 0.142 e. The molecule has 19 heavy (non-hydrogen) atoms. The van der Waals surface area contributed by atoms with Gasteiger partial charge in [0.05, 0.1) is 5.02 Å². The van der Waals surface area contributed by atoms with Crippen molar-refractivity contribution >= 4 is 11.6 Å². The first kappa shape index (κ1) is 13.8. The molecule has 2 rings (SSSR count). The molecule has 0 aliphatic rings. The van der Waals surface area contributed by atoms with Gasteiger partial charge in [0.25, 0.3) is 0 Å². The van der Waals surface area contributed by atoms with Crippen molar-refractivity contribution in [2.75, 3.05) is 0 Å². The molecule has 2 aromatic carbocycles. The van der Waals surface area contributed by atoms with Gasteiger partial charge < -0.3 is 10.5 Å². The van der Waals surface area contributed by atoms with Gasteiger partial charge in [0.1, 0.15) is 24.0 Å². The van der Waals surface area contributed by atoms with Gasteiger partial charge in [-0.3, -0.25) is 0 Å². The van der Waals surface area contributed by atoms with Gasteiger partial charge in [0.15, 0.2) is 0 Å². The molecule has 0 aliphatic heterocycles. The van der Waals surface area contributed by atoms with Crippen LogP contribution in [-0.4, -0.2) is 0 Å². The van der Waals surface area contributed by atoms with Crippen LogP contribution in [0.2, 0.25) is 5.02 Å². The molecule has 100 valence electrons. The molecular weight excluding hydrogens is 272 g/mol. The Balaban J connectivity index is 2.18. The molecule has 0 saturated heterocycles. The second-order valence-corrected chi connectivity index (χ2v) is 4.41. The summed E-state index contributed by atoms with van der Waals surface area (Å²) in [5.41, 5.74) is 6.71. The fourth-order valence-electron chi connectivity index (χ4n) is 1.73. The third-order valence-electron chi connectivity index (χ3n) is 2.57. The number of para-hydroxylation sites is 1. The van der Waals surface area contributed by atoms with Crippen molar-refractivity contribution in [3.05, 3.63) is 64.2 Å². The molecule has 0 bridgehead atoms. The summed E-state index contributed by atoms with van der Waals surface area (Å²) in [6.07, 6.45) is 0. The number of nitrogens with two attached hydrogens (primary N) is 1. The summed E-state index contributed by atoms with van der Waals surface area (Å²) in [7, 11) is 0. The minimum atomic E-state index is -0.642. The van der Waals surface area contributed by atoms with Gasteiger partial charge in [-0.2, -0.15) is 0 Å². The quantitative estimate of drug-likeness (QED) is 0.929. The Kier molecular flexibility index (Phi) is 4.35. The number of rotatable bonds is 4. The highest BCUT2D eigenvalue weighted by molar-refractivity contribution is 6.32. The van der Waals surface area contributed by atoms with Crippen molar-refractivity contribution in [1.29, 1.82) is 0 Å². The standard InChI is InChI=1S/C14H12ClF2NO/c15-13-3-1-2-10(7-18)14(13)19-8-9-4-11(16)6-12(17)5-9/h1-6H,7-8,18H2. The monoisotopic (exact) mass is 283 g/mol. The molecule has 0 saturated carbocycles. The van der Waals surface area contributed by atoms with E-state index in [-0.39, 0.29) is 13.2 Å². The van der Waals surface area contributed by atoms with Gasteiger partial charge in [-0.15, -0.1) is 0 Å². The van der Waals surface area contributed by atoms with E-state index in [4.69, 9.17) is 22.1 Å². The normalized spacial score (nSPS) is 10.5. The van der Waals surface area contributed by atoms with Crippen LogP contribution in [0.5, 0.6) is 5.75 Å². The second-order valence-electron chi connectivity index (χ2n) is 4.00. The van der Waals surface area contributed by atoms with E-state index in [1.165, 1.54) is 12.1 Å². The maximum absolute atomic E-state index is 13.0. The van der Waals surface area contributed by atoms with E-state index in [2.05, 4.69) is 0 Å². The summed E-state index contributed by atoms with van der Waals surface area (Å²) in [5.74, 6) is -0.843. The number of benzene rings is 2. The molecule has 0 heterocycles. The Morgan fingerprint density at radius 3 is 2.42 bits per heavy atom. The van der Waals surface area contributed by atoms with Crippen LogP contribution in [-0.2, 0) is 13.2 Å². The lowest BCUT2D eigenvalue weighted by Crippen LogP contribution is -2.03. The first-order valence-corrected chi connectivity index (χ1v) is 6.03. The summed E-state index contributed by atoms with van der Waals surface area (Å²) < 4.78 is 31.6. The number of hydrogen-bond donors (Lipinski definition) is 1. The third kappa shape index (κ3) is 3.43. The summed E-state index contributed by atoms with van der Waals surface area (Å²) >= 11 is 6.01. The summed E-state index contributed by atoms with van der Waals surface area (Å²) in [5, 5.41) is 0.417. The number of halogens is 3. The van der Waals surface area contributed by atoms with Crippen LogP contribution < -0.4 is 10.5 Å². The van der Waals surface area contributed by atoms with Gasteiger partial charge >= 0.3 is 0 Å². The molecule has 0 aliphatic carbocycles. The van der Waals surface area contributed by atoms with Crippen LogP contribution in [0.3, 0.4) is 0 Å². The predicted octanol–water partition coefficient (Wildman–Crippen LogP) is 3.66. The first-order valence-electron chi connectivity index (χ1n) is 5.65. The first-order chi connectivity index (χ1) is 9.10. The highest BCUT2D eigenvalue weighted by atomic mass is 35.5. The van der Waals surface area contributed by atoms with Crippen molar-refractivity contribution < 1.29 is 13.5 Å². The average molecular weight is 284 g/mol. The summed E-state index contributed by atoms with van der Waals surface area (Å²) in [4.78, 5) is 0. The van der Waals surface area contributed by atoms with E-state index in [9.17, 15) is 8.78 Å². The van der Waals surface area contributed by atoms with Crippen LogP contribution in [0.25, 0.3) is 0 Å². The number of ether oxygens (including phenoxy) is 1. The lowest BCUT2D eigenvalue weighted by molar-refractivity contribution is 0.302. The zero-order valence-corrected chi connectivity index (χ0v) is 10.8. The van der Waals surface area contributed by atoms with E-state index in [1.54, 1.807) is 18.2 Å². The Bertz CT molecular complexity index is 569. The molecule has 0 radical (unpaired) electrons. The minimum absolute atomic E-state index is 0.0193. The van der Waals surface area contributed by atoms with Crippen molar-refractivity contribution in [3.63, 3.8) is 0 Å². The molecule has 0 unspecified atom stereocenters. The van der Waals surface area contributed by atoms with Crippen LogP contribution >= 0.6 is 11.6 Å². The van der Waals surface area contributed by atoms with Crippen molar-refractivity contribution in [1.82, 2.24) is 0 Å². The Hall–Kier alpha value is -1.65.